The third-order valence-corrected chi connectivity index (χ3v) is 5.98. The number of carbonyl (C=O) groups excluding carboxylic acids is 1. The summed E-state index contributed by atoms with van der Waals surface area (Å²) >= 11 is 2.70. The molecule has 0 atom stereocenters. The quantitative estimate of drug-likeness (QED) is 0.374. The Labute approximate surface area is 185 Å². The second-order valence-electron chi connectivity index (χ2n) is 6.53. The third kappa shape index (κ3) is 5.17. The number of thiophene rings is 1. The summed E-state index contributed by atoms with van der Waals surface area (Å²) in [5, 5.41) is 17.2. The van der Waals surface area contributed by atoms with Gasteiger partial charge in [-0.15, -0.1) is 26.6 Å². The Kier molecular flexibility index (Phi) is 6.73. The highest BCUT2D eigenvalue weighted by atomic mass is 32.2. The van der Waals surface area contributed by atoms with Gasteiger partial charge in [0.25, 0.3) is 5.89 Å². The number of hydrogen-bond donors (Lipinski definition) is 1. The number of nitrogens with one attached hydrogen (secondary N) is 1. The lowest BCUT2D eigenvalue weighted by Gasteiger charge is -2.19. The van der Waals surface area contributed by atoms with Crippen LogP contribution < -0.4 is 0 Å². The van der Waals surface area contributed by atoms with E-state index < -0.39 is 0 Å². The standard InChI is InChI=1S/C20H19FN6O2S2/c1-2-9-27(11-16-23-25-19(29-16)15-8-5-10-30-15)17(28)12-31-20-22-18(24-26-20)13-6-3-4-7-14(13)21/h3-8,10H,2,9,11-12H2,1H3,(H,22,24,26). The number of rotatable bonds is 9. The van der Waals surface area contributed by atoms with Gasteiger partial charge >= 0.3 is 0 Å². The molecule has 1 aromatic carbocycles. The van der Waals surface area contributed by atoms with Crippen LogP contribution in [0.3, 0.4) is 0 Å². The molecule has 0 aliphatic carbocycles. The first-order valence-electron chi connectivity index (χ1n) is 9.58. The molecule has 0 bridgehead atoms. The number of benzene rings is 1. The second kappa shape index (κ2) is 9.84. The Hall–Kier alpha value is -3.05. The molecule has 0 unspecified atom stereocenters. The van der Waals surface area contributed by atoms with Crippen molar-refractivity contribution in [1.82, 2.24) is 30.3 Å². The van der Waals surface area contributed by atoms with E-state index in [0.29, 0.717) is 34.9 Å². The van der Waals surface area contributed by atoms with Crippen molar-refractivity contribution in [1.29, 1.82) is 0 Å². The summed E-state index contributed by atoms with van der Waals surface area (Å²) in [6, 6.07) is 10.1. The van der Waals surface area contributed by atoms with Gasteiger partial charge in [0, 0.05) is 6.54 Å². The molecule has 0 aliphatic heterocycles. The van der Waals surface area contributed by atoms with Crippen molar-refractivity contribution in [3.63, 3.8) is 0 Å². The molecule has 0 radical (unpaired) electrons. The molecule has 3 heterocycles. The molecule has 0 spiro atoms. The summed E-state index contributed by atoms with van der Waals surface area (Å²) < 4.78 is 19.6. The van der Waals surface area contributed by atoms with Crippen LogP contribution in [0.1, 0.15) is 19.2 Å². The minimum Gasteiger partial charge on any atom is -0.418 e. The summed E-state index contributed by atoms with van der Waals surface area (Å²) in [6.45, 7) is 2.79. The smallest absolute Gasteiger partial charge is 0.257 e. The topological polar surface area (TPSA) is 101 Å². The van der Waals surface area contributed by atoms with Crippen molar-refractivity contribution < 1.29 is 13.6 Å². The average molecular weight is 459 g/mol. The van der Waals surface area contributed by atoms with Crippen LogP contribution in [-0.2, 0) is 11.3 Å². The van der Waals surface area contributed by atoms with E-state index in [4.69, 9.17) is 4.42 Å². The zero-order valence-electron chi connectivity index (χ0n) is 16.6. The van der Waals surface area contributed by atoms with E-state index in [-0.39, 0.29) is 24.0 Å². The number of aromatic nitrogens is 5. The van der Waals surface area contributed by atoms with Crippen molar-refractivity contribution in [3.05, 3.63) is 53.5 Å². The van der Waals surface area contributed by atoms with Gasteiger partial charge < -0.3 is 9.32 Å². The van der Waals surface area contributed by atoms with E-state index in [9.17, 15) is 9.18 Å². The molecule has 3 aromatic heterocycles. The van der Waals surface area contributed by atoms with Crippen LogP contribution in [0.25, 0.3) is 22.2 Å². The molecular formula is C20H19FN6O2S2. The van der Waals surface area contributed by atoms with E-state index >= 15 is 0 Å². The predicted octanol–water partition coefficient (Wildman–Crippen LogP) is 4.25. The van der Waals surface area contributed by atoms with Gasteiger partial charge in [0.05, 0.1) is 22.7 Å². The van der Waals surface area contributed by atoms with E-state index in [0.717, 1.165) is 11.3 Å². The fraction of sp³-hybridized carbons (Fsp3) is 0.250. The first kappa shape index (κ1) is 21.2. The molecule has 0 fully saturated rings. The number of hydrogen-bond acceptors (Lipinski definition) is 8. The molecule has 4 aromatic rings. The largest absolute Gasteiger partial charge is 0.418 e. The van der Waals surface area contributed by atoms with Gasteiger partial charge in [-0.3, -0.25) is 9.89 Å². The summed E-state index contributed by atoms with van der Waals surface area (Å²) in [6.07, 6.45) is 0.792. The number of aromatic amines is 1. The molecule has 31 heavy (non-hydrogen) atoms. The highest BCUT2D eigenvalue weighted by molar-refractivity contribution is 7.99. The number of amides is 1. The van der Waals surface area contributed by atoms with E-state index in [1.54, 1.807) is 23.1 Å². The maximum Gasteiger partial charge on any atom is 0.257 e. The van der Waals surface area contributed by atoms with Crippen molar-refractivity contribution in [2.24, 2.45) is 0 Å². The van der Waals surface area contributed by atoms with E-state index in [2.05, 4.69) is 25.4 Å². The van der Waals surface area contributed by atoms with Crippen LogP contribution in [0.2, 0.25) is 0 Å². The molecule has 11 heteroatoms. The fourth-order valence-electron chi connectivity index (χ4n) is 2.84. The number of carbonyl (C=O) groups is 1. The average Bonchev–Trinajstić information content (AvgIpc) is 3.53. The lowest BCUT2D eigenvalue weighted by molar-refractivity contribution is -0.129. The zero-order valence-corrected chi connectivity index (χ0v) is 18.2. The Morgan fingerprint density at radius 2 is 2.13 bits per heavy atom. The minimum atomic E-state index is -0.387. The molecular weight excluding hydrogens is 439 g/mol. The number of halogens is 1. The normalized spacial score (nSPS) is 11.0. The van der Waals surface area contributed by atoms with Gasteiger partial charge in [0.2, 0.25) is 17.0 Å². The molecule has 0 aliphatic rings. The SMILES string of the molecule is CCCN(Cc1nnc(-c2cccs2)o1)C(=O)CSc1n[nH]c(-c2ccccc2F)n1. The van der Waals surface area contributed by atoms with Gasteiger partial charge in [-0.2, -0.15) is 0 Å². The monoisotopic (exact) mass is 458 g/mol. The number of H-pyrrole nitrogens is 1. The zero-order chi connectivity index (χ0) is 21.6. The first-order valence-corrected chi connectivity index (χ1v) is 11.4. The van der Waals surface area contributed by atoms with Crippen LogP contribution in [0, 0.1) is 5.82 Å². The lowest BCUT2D eigenvalue weighted by atomic mass is 10.2. The Morgan fingerprint density at radius 3 is 2.90 bits per heavy atom. The van der Waals surface area contributed by atoms with Crippen molar-refractivity contribution in [3.8, 4) is 22.2 Å². The van der Waals surface area contributed by atoms with Gasteiger partial charge in [0.1, 0.15) is 5.82 Å². The summed E-state index contributed by atoms with van der Waals surface area (Å²) in [4.78, 5) is 19.6. The Bertz CT molecular complexity index is 1140. The van der Waals surface area contributed by atoms with Gasteiger partial charge in [-0.05, 0) is 30.0 Å². The van der Waals surface area contributed by atoms with Crippen LogP contribution in [0.15, 0.2) is 51.4 Å². The highest BCUT2D eigenvalue weighted by Gasteiger charge is 2.19. The van der Waals surface area contributed by atoms with Gasteiger partial charge in [-0.25, -0.2) is 9.37 Å². The highest BCUT2D eigenvalue weighted by Crippen LogP contribution is 2.24. The first-order chi connectivity index (χ1) is 15.1. The lowest BCUT2D eigenvalue weighted by Crippen LogP contribution is -2.32. The van der Waals surface area contributed by atoms with Crippen LogP contribution >= 0.6 is 23.1 Å². The van der Waals surface area contributed by atoms with Crippen LogP contribution in [0.4, 0.5) is 4.39 Å². The number of nitrogens with zero attached hydrogens (tertiary/aromatic N) is 5. The van der Waals surface area contributed by atoms with Crippen LogP contribution in [0.5, 0.6) is 0 Å². The predicted molar refractivity (Wildman–Crippen MR) is 116 cm³/mol. The van der Waals surface area contributed by atoms with Crippen molar-refractivity contribution in [2.75, 3.05) is 12.3 Å². The third-order valence-electron chi connectivity index (χ3n) is 4.29. The molecule has 1 amide bonds. The fourth-order valence-corrected chi connectivity index (χ4v) is 4.19. The summed E-state index contributed by atoms with van der Waals surface area (Å²) in [5.74, 6) is 0.812. The molecule has 160 valence electrons. The summed E-state index contributed by atoms with van der Waals surface area (Å²) in [7, 11) is 0. The molecule has 0 saturated carbocycles. The van der Waals surface area contributed by atoms with Crippen LogP contribution in [-0.4, -0.2) is 48.5 Å². The maximum atomic E-state index is 13.9. The van der Waals surface area contributed by atoms with Crippen molar-refractivity contribution >= 4 is 29.0 Å². The van der Waals surface area contributed by atoms with E-state index in [1.165, 1.54) is 29.2 Å². The molecule has 4 rings (SSSR count). The molecule has 0 saturated heterocycles. The Morgan fingerprint density at radius 1 is 1.26 bits per heavy atom. The van der Waals surface area contributed by atoms with Crippen molar-refractivity contribution in [2.45, 2.75) is 25.0 Å². The molecule has 1 N–H and O–H groups in total. The number of thioether (sulfide) groups is 1. The minimum absolute atomic E-state index is 0.0973. The van der Waals surface area contributed by atoms with E-state index in [1.807, 2.05) is 24.4 Å². The van der Waals surface area contributed by atoms with Gasteiger partial charge in [-0.1, -0.05) is 36.9 Å². The maximum absolute atomic E-state index is 13.9. The Balaban J connectivity index is 1.37. The van der Waals surface area contributed by atoms with Gasteiger partial charge in [0.15, 0.2) is 5.82 Å². The summed E-state index contributed by atoms with van der Waals surface area (Å²) in [5.41, 5.74) is 0.332. The second-order valence-corrected chi connectivity index (χ2v) is 8.42. The molecule has 8 nitrogen and oxygen atoms in total.